The first-order valence-electron chi connectivity index (χ1n) is 9.70. The second-order valence-corrected chi connectivity index (χ2v) is 7.43. The number of aliphatic imine (C=N–C) groups is 1. The number of fused-ring (bicyclic) bond motifs is 1. The molecule has 0 radical (unpaired) electrons. The van der Waals surface area contributed by atoms with Gasteiger partial charge < -0.3 is 15.9 Å². The molecule has 0 spiro atoms. The van der Waals surface area contributed by atoms with Gasteiger partial charge in [0.15, 0.2) is 11.6 Å². The zero-order chi connectivity index (χ0) is 24.0. The van der Waals surface area contributed by atoms with Crippen LogP contribution in [0.2, 0.25) is 5.02 Å². The third-order valence-electron chi connectivity index (χ3n) is 4.55. The Morgan fingerprint density at radius 1 is 1.30 bits per heavy atom. The first-order chi connectivity index (χ1) is 15.8. The molecule has 4 N–H and O–H groups in total. The zero-order valence-electron chi connectivity index (χ0n) is 17.3. The van der Waals surface area contributed by atoms with Gasteiger partial charge in [-0.05, 0) is 49.6 Å². The first kappa shape index (κ1) is 24.0. The Kier molecular flexibility index (Phi) is 7.87. The standard InChI is InChI=1S/C21H19ClF3N7O/c1-11(32-33-21(27)31-20(24)25)2-3-13-7-14(4-5-16(13)22)30-19-18-15(17(23)10-29-19)6-12(8-26)9-28-18/h4-7,9-11,20,32H,2-3H2,1H3,(H2,27,31)(H,29,30)/t11-/m1/s1. The van der Waals surface area contributed by atoms with E-state index < -0.39 is 18.4 Å². The summed E-state index contributed by atoms with van der Waals surface area (Å²) in [4.78, 5) is 15.8. The van der Waals surface area contributed by atoms with Crippen LogP contribution in [0, 0.1) is 17.1 Å². The minimum absolute atomic E-state index is 0.176. The van der Waals surface area contributed by atoms with Crippen molar-refractivity contribution in [1.82, 2.24) is 15.4 Å². The van der Waals surface area contributed by atoms with E-state index in [4.69, 9.17) is 27.4 Å². The number of nitriles is 1. The fourth-order valence-electron chi connectivity index (χ4n) is 2.94. The number of hydroxylamine groups is 1. The van der Waals surface area contributed by atoms with Crippen LogP contribution in [0.1, 0.15) is 24.5 Å². The third-order valence-corrected chi connectivity index (χ3v) is 4.92. The molecule has 3 rings (SSSR count). The van der Waals surface area contributed by atoms with E-state index in [9.17, 15) is 13.2 Å². The molecule has 0 aliphatic carbocycles. The molecule has 33 heavy (non-hydrogen) atoms. The lowest BCUT2D eigenvalue weighted by Crippen LogP contribution is -2.33. The number of alkyl halides is 2. The summed E-state index contributed by atoms with van der Waals surface area (Å²) in [6.45, 7) is -1.17. The van der Waals surface area contributed by atoms with Crippen LogP contribution in [0.5, 0.6) is 0 Å². The number of aryl methyl sites for hydroxylation is 1. The van der Waals surface area contributed by atoms with Crippen molar-refractivity contribution >= 4 is 40.0 Å². The molecule has 0 saturated carbocycles. The molecule has 3 aromatic rings. The lowest BCUT2D eigenvalue weighted by Gasteiger charge is -2.15. The fraction of sp³-hybridized carbons (Fsp3) is 0.238. The second-order valence-electron chi connectivity index (χ2n) is 7.02. The molecule has 0 aliphatic rings. The Balaban J connectivity index is 1.71. The van der Waals surface area contributed by atoms with Gasteiger partial charge in [-0.1, -0.05) is 11.6 Å². The Hall–Kier alpha value is -3.62. The lowest BCUT2D eigenvalue weighted by molar-refractivity contribution is 0.120. The highest BCUT2D eigenvalue weighted by Gasteiger charge is 2.12. The largest absolute Gasteiger partial charge is 0.371 e. The van der Waals surface area contributed by atoms with Crippen molar-refractivity contribution in [3.05, 3.63) is 58.6 Å². The number of nitrogens with zero attached hydrogens (tertiary/aromatic N) is 4. The summed E-state index contributed by atoms with van der Waals surface area (Å²) in [5.74, 6) is -0.263. The van der Waals surface area contributed by atoms with Crippen molar-refractivity contribution in [1.29, 1.82) is 5.26 Å². The van der Waals surface area contributed by atoms with Gasteiger partial charge in [-0.2, -0.15) is 24.5 Å². The molecule has 0 unspecified atom stereocenters. The summed E-state index contributed by atoms with van der Waals surface area (Å²) in [6.07, 6.45) is 3.47. The van der Waals surface area contributed by atoms with Crippen LogP contribution in [0.4, 0.5) is 24.7 Å². The average molecular weight is 478 g/mol. The maximum Gasteiger partial charge on any atom is 0.336 e. The number of amidine groups is 1. The molecule has 0 aliphatic heterocycles. The van der Waals surface area contributed by atoms with Crippen LogP contribution < -0.4 is 16.5 Å². The number of anilines is 2. The Morgan fingerprint density at radius 2 is 2.09 bits per heavy atom. The number of rotatable bonds is 8. The second kappa shape index (κ2) is 10.8. The maximum absolute atomic E-state index is 14.2. The molecule has 8 nitrogen and oxygen atoms in total. The van der Waals surface area contributed by atoms with Crippen LogP contribution in [0.3, 0.4) is 0 Å². The number of halogens is 4. The van der Waals surface area contributed by atoms with Crippen molar-refractivity contribution in [3.63, 3.8) is 0 Å². The number of nitrogens with two attached hydrogens (primary N) is 1. The highest BCUT2D eigenvalue weighted by molar-refractivity contribution is 6.31. The fourth-order valence-corrected chi connectivity index (χ4v) is 3.15. The van der Waals surface area contributed by atoms with Gasteiger partial charge in [0, 0.05) is 28.3 Å². The molecular weight excluding hydrogens is 459 g/mol. The van der Waals surface area contributed by atoms with Gasteiger partial charge in [0.05, 0.1) is 11.8 Å². The highest BCUT2D eigenvalue weighted by Crippen LogP contribution is 2.28. The minimum Gasteiger partial charge on any atom is -0.371 e. The topological polar surface area (TPSA) is 121 Å². The van der Waals surface area contributed by atoms with Crippen LogP contribution in [-0.2, 0) is 11.3 Å². The monoisotopic (exact) mass is 477 g/mol. The summed E-state index contributed by atoms with van der Waals surface area (Å²) < 4.78 is 38.4. The van der Waals surface area contributed by atoms with Crippen LogP contribution in [0.25, 0.3) is 10.9 Å². The van der Waals surface area contributed by atoms with Crippen LogP contribution >= 0.6 is 11.6 Å². The molecule has 2 heterocycles. The highest BCUT2D eigenvalue weighted by atomic mass is 35.5. The summed E-state index contributed by atoms with van der Waals surface area (Å²) in [5, 5.41) is 12.8. The summed E-state index contributed by atoms with van der Waals surface area (Å²) >= 11 is 6.31. The van der Waals surface area contributed by atoms with Gasteiger partial charge in [-0.3, -0.25) is 4.98 Å². The number of nitrogens with one attached hydrogen (secondary N) is 2. The minimum atomic E-state index is -2.95. The quantitative estimate of drug-likeness (QED) is 0.190. The normalized spacial score (nSPS) is 12.6. The van der Waals surface area contributed by atoms with Crippen LogP contribution in [-0.4, -0.2) is 28.6 Å². The Bertz CT molecular complexity index is 1220. The Labute approximate surface area is 192 Å². The van der Waals surface area contributed by atoms with Crippen molar-refractivity contribution < 1.29 is 18.0 Å². The van der Waals surface area contributed by atoms with E-state index in [0.717, 1.165) is 11.8 Å². The SMILES string of the molecule is C[C@H](CCc1cc(Nc2ncc(F)c3cc(C#N)cnc23)ccc1Cl)NO/C(N)=N\C(F)F. The first-order valence-corrected chi connectivity index (χ1v) is 10.1. The molecule has 0 bridgehead atoms. The molecule has 0 amide bonds. The number of pyridine rings is 2. The van der Waals surface area contributed by atoms with Crippen molar-refractivity contribution in [2.75, 3.05) is 5.32 Å². The molecule has 2 aromatic heterocycles. The maximum atomic E-state index is 14.2. The molecule has 1 atom stereocenters. The van der Waals surface area contributed by atoms with Crippen LogP contribution in [0.15, 0.2) is 41.7 Å². The number of aromatic nitrogens is 2. The molecule has 1 aromatic carbocycles. The zero-order valence-corrected chi connectivity index (χ0v) is 18.1. The average Bonchev–Trinajstić information content (AvgIpc) is 2.79. The van der Waals surface area contributed by atoms with Gasteiger partial charge in [-0.25, -0.2) is 9.37 Å². The lowest BCUT2D eigenvalue weighted by atomic mass is 10.1. The van der Waals surface area contributed by atoms with E-state index >= 15 is 0 Å². The summed E-state index contributed by atoms with van der Waals surface area (Å²) in [6, 6.07) is 7.68. The predicted molar refractivity (Wildman–Crippen MR) is 119 cm³/mol. The summed E-state index contributed by atoms with van der Waals surface area (Å²) in [7, 11) is 0. The van der Waals surface area contributed by atoms with Gasteiger partial charge in [0.2, 0.25) is 0 Å². The van der Waals surface area contributed by atoms with Crippen molar-refractivity contribution in [2.45, 2.75) is 32.4 Å². The molecule has 0 saturated heterocycles. The smallest absolute Gasteiger partial charge is 0.336 e. The van der Waals surface area contributed by atoms with E-state index in [1.54, 1.807) is 19.1 Å². The molecule has 12 heteroatoms. The van der Waals surface area contributed by atoms with E-state index in [-0.39, 0.29) is 22.5 Å². The van der Waals surface area contributed by atoms with E-state index in [2.05, 4.69) is 25.8 Å². The van der Waals surface area contributed by atoms with Crippen molar-refractivity contribution in [3.8, 4) is 6.07 Å². The van der Waals surface area contributed by atoms with E-state index in [1.807, 2.05) is 12.1 Å². The van der Waals surface area contributed by atoms with Gasteiger partial charge >= 0.3 is 12.6 Å². The van der Waals surface area contributed by atoms with Gasteiger partial charge in [0.25, 0.3) is 0 Å². The Morgan fingerprint density at radius 3 is 2.82 bits per heavy atom. The molecular formula is C21H19ClF3N7O. The number of hydrogen-bond acceptors (Lipinski definition) is 7. The summed E-state index contributed by atoms with van der Waals surface area (Å²) in [5.41, 5.74) is 9.72. The van der Waals surface area contributed by atoms with Gasteiger partial charge in [0.1, 0.15) is 11.6 Å². The van der Waals surface area contributed by atoms with Crippen molar-refractivity contribution in [2.24, 2.45) is 10.7 Å². The third kappa shape index (κ3) is 6.44. The molecule has 0 fully saturated rings. The number of hydrogen-bond donors (Lipinski definition) is 3. The number of benzene rings is 1. The van der Waals surface area contributed by atoms with E-state index in [0.29, 0.717) is 29.4 Å². The molecule has 172 valence electrons. The van der Waals surface area contributed by atoms with Gasteiger partial charge in [-0.15, -0.1) is 0 Å². The van der Waals surface area contributed by atoms with E-state index in [1.165, 1.54) is 12.3 Å². The predicted octanol–water partition coefficient (Wildman–Crippen LogP) is 4.42.